The Morgan fingerprint density at radius 2 is 2.06 bits per heavy atom. The zero-order chi connectivity index (χ0) is 13.4. The normalized spacial score (nSPS) is 12.2. The summed E-state index contributed by atoms with van der Waals surface area (Å²) in [5, 5.41) is 6.59. The van der Waals surface area contributed by atoms with E-state index < -0.39 is 0 Å². The maximum Gasteiger partial charge on any atom is 0.234 e. The van der Waals surface area contributed by atoms with Gasteiger partial charge in [-0.15, -0.1) is 0 Å². The molecular formula is C13H19ClN2O2. The number of carbonyl (C=O) groups is 1. The van der Waals surface area contributed by atoms with E-state index in [0.29, 0.717) is 24.7 Å². The molecule has 0 aliphatic heterocycles. The van der Waals surface area contributed by atoms with Gasteiger partial charge in [0.2, 0.25) is 5.91 Å². The van der Waals surface area contributed by atoms with Crippen molar-refractivity contribution in [3.05, 3.63) is 34.9 Å². The highest BCUT2D eigenvalue weighted by atomic mass is 35.5. The van der Waals surface area contributed by atoms with Gasteiger partial charge in [-0.25, -0.2) is 0 Å². The van der Waals surface area contributed by atoms with E-state index >= 15 is 0 Å². The number of nitrogens with one attached hydrogen (secondary N) is 2. The van der Waals surface area contributed by atoms with E-state index in [4.69, 9.17) is 16.3 Å². The van der Waals surface area contributed by atoms with Crippen LogP contribution in [0.2, 0.25) is 5.02 Å². The predicted octanol–water partition coefficient (Wildman–Crippen LogP) is 1.75. The molecule has 1 amide bonds. The smallest absolute Gasteiger partial charge is 0.234 e. The Balaban J connectivity index is 2.33. The van der Waals surface area contributed by atoms with E-state index in [9.17, 15) is 4.79 Å². The van der Waals surface area contributed by atoms with Crippen molar-refractivity contribution in [1.29, 1.82) is 0 Å². The van der Waals surface area contributed by atoms with Gasteiger partial charge in [0.05, 0.1) is 19.2 Å². The summed E-state index contributed by atoms with van der Waals surface area (Å²) in [5.74, 6) is -0.0337. The van der Waals surface area contributed by atoms with Gasteiger partial charge in [0, 0.05) is 18.7 Å². The zero-order valence-corrected chi connectivity index (χ0v) is 11.5. The number of ether oxygens (including phenoxy) is 1. The van der Waals surface area contributed by atoms with Crippen molar-refractivity contribution in [3.8, 4) is 0 Å². The fourth-order valence-corrected chi connectivity index (χ4v) is 1.63. The summed E-state index contributed by atoms with van der Waals surface area (Å²) in [6.45, 7) is 3.50. The molecule has 1 aromatic carbocycles. The summed E-state index contributed by atoms with van der Waals surface area (Å²) in [5.41, 5.74) is 1.03. The molecule has 100 valence electrons. The standard InChI is InChI=1S/C13H19ClN2O2/c1-10(11-3-5-12(14)6-4-11)16-13(17)9-15-7-8-18-2/h3-6,10,15H,7-9H2,1-2H3,(H,16,17)/t10-/m1/s1. The third-order valence-electron chi connectivity index (χ3n) is 2.52. The number of benzene rings is 1. The number of hydrogen-bond acceptors (Lipinski definition) is 3. The Morgan fingerprint density at radius 1 is 1.39 bits per heavy atom. The molecule has 0 aromatic heterocycles. The van der Waals surface area contributed by atoms with Crippen molar-refractivity contribution < 1.29 is 9.53 Å². The summed E-state index contributed by atoms with van der Waals surface area (Å²) >= 11 is 5.81. The van der Waals surface area contributed by atoms with E-state index in [0.717, 1.165) is 5.56 Å². The second-order valence-electron chi connectivity index (χ2n) is 4.01. The Bertz CT molecular complexity index is 368. The Labute approximate surface area is 113 Å². The van der Waals surface area contributed by atoms with Gasteiger partial charge in [-0.1, -0.05) is 23.7 Å². The SMILES string of the molecule is COCCNCC(=O)N[C@H](C)c1ccc(Cl)cc1. The molecule has 18 heavy (non-hydrogen) atoms. The molecule has 5 heteroatoms. The van der Waals surface area contributed by atoms with E-state index in [2.05, 4.69) is 10.6 Å². The van der Waals surface area contributed by atoms with Gasteiger partial charge in [-0.05, 0) is 24.6 Å². The van der Waals surface area contributed by atoms with Gasteiger partial charge >= 0.3 is 0 Å². The summed E-state index contributed by atoms with van der Waals surface area (Å²) in [7, 11) is 1.63. The first-order valence-electron chi connectivity index (χ1n) is 5.88. The van der Waals surface area contributed by atoms with Crippen molar-refractivity contribution in [2.24, 2.45) is 0 Å². The van der Waals surface area contributed by atoms with Crippen LogP contribution >= 0.6 is 11.6 Å². The van der Waals surface area contributed by atoms with Crippen molar-refractivity contribution in [3.63, 3.8) is 0 Å². The lowest BCUT2D eigenvalue weighted by Gasteiger charge is -2.14. The molecule has 0 radical (unpaired) electrons. The minimum Gasteiger partial charge on any atom is -0.383 e. The van der Waals surface area contributed by atoms with Crippen molar-refractivity contribution >= 4 is 17.5 Å². The molecule has 0 spiro atoms. The first kappa shape index (κ1) is 15.0. The van der Waals surface area contributed by atoms with E-state index in [-0.39, 0.29) is 11.9 Å². The van der Waals surface area contributed by atoms with Gasteiger partial charge in [0.1, 0.15) is 0 Å². The van der Waals surface area contributed by atoms with Crippen LogP contribution in [0.25, 0.3) is 0 Å². The molecule has 0 aliphatic carbocycles. The number of methoxy groups -OCH3 is 1. The Hall–Kier alpha value is -1.10. The fourth-order valence-electron chi connectivity index (χ4n) is 1.50. The Kier molecular flexibility index (Phi) is 6.72. The predicted molar refractivity (Wildman–Crippen MR) is 72.8 cm³/mol. The lowest BCUT2D eigenvalue weighted by molar-refractivity contribution is -0.120. The van der Waals surface area contributed by atoms with E-state index in [1.807, 2.05) is 31.2 Å². The molecular weight excluding hydrogens is 252 g/mol. The van der Waals surface area contributed by atoms with Gasteiger partial charge in [-0.2, -0.15) is 0 Å². The molecule has 0 bridgehead atoms. The molecule has 0 aliphatic rings. The van der Waals surface area contributed by atoms with Crippen LogP contribution in [0, 0.1) is 0 Å². The van der Waals surface area contributed by atoms with Crippen LogP contribution in [-0.2, 0) is 9.53 Å². The van der Waals surface area contributed by atoms with Gasteiger partial charge < -0.3 is 15.4 Å². The molecule has 0 saturated heterocycles. The Morgan fingerprint density at radius 3 is 2.67 bits per heavy atom. The van der Waals surface area contributed by atoms with E-state index in [1.165, 1.54) is 0 Å². The van der Waals surface area contributed by atoms with Crippen LogP contribution in [-0.4, -0.2) is 32.7 Å². The van der Waals surface area contributed by atoms with Crippen LogP contribution in [0.1, 0.15) is 18.5 Å². The third kappa shape index (κ3) is 5.49. The number of halogens is 1. The highest BCUT2D eigenvalue weighted by Gasteiger charge is 2.08. The maximum atomic E-state index is 11.6. The second kappa shape index (κ2) is 8.08. The molecule has 1 aromatic rings. The lowest BCUT2D eigenvalue weighted by atomic mass is 10.1. The fraction of sp³-hybridized carbons (Fsp3) is 0.462. The lowest BCUT2D eigenvalue weighted by Crippen LogP contribution is -2.36. The van der Waals surface area contributed by atoms with Gasteiger partial charge in [0.15, 0.2) is 0 Å². The zero-order valence-electron chi connectivity index (χ0n) is 10.7. The quantitative estimate of drug-likeness (QED) is 0.743. The summed E-state index contributed by atoms with van der Waals surface area (Å²) in [6.07, 6.45) is 0. The molecule has 0 fully saturated rings. The van der Waals surface area contributed by atoms with Crippen LogP contribution in [0.4, 0.5) is 0 Å². The summed E-state index contributed by atoms with van der Waals surface area (Å²) in [6, 6.07) is 7.42. The largest absolute Gasteiger partial charge is 0.383 e. The highest BCUT2D eigenvalue weighted by Crippen LogP contribution is 2.15. The monoisotopic (exact) mass is 270 g/mol. The minimum absolute atomic E-state index is 0.0287. The minimum atomic E-state index is -0.0337. The second-order valence-corrected chi connectivity index (χ2v) is 4.45. The number of rotatable bonds is 7. The first-order chi connectivity index (χ1) is 8.63. The molecule has 0 unspecified atom stereocenters. The molecule has 0 saturated carbocycles. The molecule has 4 nitrogen and oxygen atoms in total. The highest BCUT2D eigenvalue weighted by molar-refractivity contribution is 6.30. The van der Waals surface area contributed by atoms with Crippen LogP contribution < -0.4 is 10.6 Å². The number of amides is 1. The van der Waals surface area contributed by atoms with Crippen LogP contribution in [0.15, 0.2) is 24.3 Å². The average Bonchev–Trinajstić information content (AvgIpc) is 2.35. The molecule has 0 heterocycles. The first-order valence-corrected chi connectivity index (χ1v) is 6.25. The molecule has 1 rings (SSSR count). The van der Waals surface area contributed by atoms with E-state index in [1.54, 1.807) is 7.11 Å². The molecule has 2 N–H and O–H groups in total. The summed E-state index contributed by atoms with van der Waals surface area (Å²) < 4.78 is 4.88. The van der Waals surface area contributed by atoms with Crippen LogP contribution in [0.5, 0.6) is 0 Å². The average molecular weight is 271 g/mol. The van der Waals surface area contributed by atoms with Crippen molar-refractivity contribution in [2.45, 2.75) is 13.0 Å². The molecule has 1 atom stereocenters. The maximum absolute atomic E-state index is 11.6. The van der Waals surface area contributed by atoms with Crippen molar-refractivity contribution in [2.75, 3.05) is 26.8 Å². The van der Waals surface area contributed by atoms with Gasteiger partial charge in [-0.3, -0.25) is 4.79 Å². The summed E-state index contributed by atoms with van der Waals surface area (Å²) in [4.78, 5) is 11.6. The third-order valence-corrected chi connectivity index (χ3v) is 2.77. The van der Waals surface area contributed by atoms with Gasteiger partial charge in [0.25, 0.3) is 0 Å². The number of carbonyl (C=O) groups excluding carboxylic acids is 1. The van der Waals surface area contributed by atoms with Crippen LogP contribution in [0.3, 0.4) is 0 Å². The topological polar surface area (TPSA) is 50.4 Å². The number of hydrogen-bond donors (Lipinski definition) is 2. The van der Waals surface area contributed by atoms with Crippen molar-refractivity contribution in [1.82, 2.24) is 10.6 Å².